The van der Waals surface area contributed by atoms with Gasteiger partial charge in [-0.2, -0.15) is 9.61 Å². The second kappa shape index (κ2) is 5.61. The average Bonchev–Trinajstić information content (AvgIpc) is 2.77. The predicted octanol–water partition coefficient (Wildman–Crippen LogP) is 1.04. The molecule has 0 unspecified atom stereocenters. The lowest BCUT2D eigenvalue weighted by atomic mass is 10.0. The van der Waals surface area contributed by atoms with Crippen molar-refractivity contribution in [2.45, 2.75) is 45.8 Å². The first-order valence-electron chi connectivity index (χ1n) is 7.61. The number of fused-ring (bicyclic) bond motifs is 1. The van der Waals surface area contributed by atoms with Crippen LogP contribution in [0.2, 0.25) is 0 Å². The molecule has 0 saturated carbocycles. The topological polar surface area (TPSA) is 74.5 Å². The van der Waals surface area contributed by atoms with Crippen LogP contribution in [0.3, 0.4) is 0 Å². The summed E-state index contributed by atoms with van der Waals surface area (Å²) >= 11 is 0. The highest BCUT2D eigenvalue weighted by atomic mass is 16.3. The van der Waals surface area contributed by atoms with Crippen LogP contribution in [0.25, 0.3) is 5.65 Å². The van der Waals surface area contributed by atoms with Crippen molar-refractivity contribution in [3.8, 4) is 0 Å². The van der Waals surface area contributed by atoms with Crippen LogP contribution in [0.15, 0.2) is 6.07 Å². The van der Waals surface area contributed by atoms with E-state index in [0.717, 1.165) is 47.8 Å². The van der Waals surface area contributed by atoms with E-state index in [1.54, 1.807) is 0 Å². The second-order valence-electron chi connectivity index (χ2n) is 5.74. The highest BCUT2D eigenvalue weighted by molar-refractivity contribution is 5.56. The summed E-state index contributed by atoms with van der Waals surface area (Å²) in [6.45, 7) is 7.69. The van der Waals surface area contributed by atoms with Gasteiger partial charge >= 0.3 is 0 Å². The van der Waals surface area contributed by atoms with Gasteiger partial charge in [-0.3, -0.25) is 0 Å². The summed E-state index contributed by atoms with van der Waals surface area (Å²) in [6, 6.07) is 2.08. The first-order chi connectivity index (χ1) is 10.1. The molecular formula is C15H23N5O. The van der Waals surface area contributed by atoms with Crippen molar-refractivity contribution in [1.29, 1.82) is 0 Å². The molecule has 0 aromatic carbocycles. The first-order valence-corrected chi connectivity index (χ1v) is 7.61. The van der Waals surface area contributed by atoms with Gasteiger partial charge < -0.3 is 15.7 Å². The van der Waals surface area contributed by atoms with Crippen molar-refractivity contribution in [3.05, 3.63) is 23.0 Å². The fourth-order valence-corrected chi connectivity index (χ4v) is 2.76. The number of rotatable bonds is 3. The monoisotopic (exact) mass is 289 g/mol. The molecule has 2 aromatic heterocycles. The standard InChI is InChI=1S/C15H23N5O/c1-4-11-7-14(18-12-5-6-16-8-13(12)21)20-15(17-11)9(2)10(3)19-20/h7,12-13,16,18,21H,4-6,8H2,1-3H3/t12-,13-/m1/s1. The Morgan fingerprint density at radius 3 is 3.00 bits per heavy atom. The maximum Gasteiger partial charge on any atom is 0.160 e. The number of hydrogen-bond acceptors (Lipinski definition) is 5. The smallest absolute Gasteiger partial charge is 0.160 e. The molecule has 114 valence electrons. The van der Waals surface area contributed by atoms with Gasteiger partial charge in [-0.05, 0) is 33.2 Å². The number of nitrogens with zero attached hydrogens (tertiary/aromatic N) is 3. The number of piperidine rings is 1. The maximum atomic E-state index is 10.1. The number of aromatic nitrogens is 3. The van der Waals surface area contributed by atoms with E-state index in [1.165, 1.54) is 0 Å². The minimum Gasteiger partial charge on any atom is -0.390 e. The minimum absolute atomic E-state index is 0.0476. The number of aliphatic hydroxyl groups excluding tert-OH is 1. The minimum atomic E-state index is -0.384. The van der Waals surface area contributed by atoms with Gasteiger partial charge in [0.05, 0.1) is 17.8 Å². The molecule has 3 rings (SSSR count). The van der Waals surface area contributed by atoms with Gasteiger partial charge in [0, 0.05) is 23.9 Å². The lowest BCUT2D eigenvalue weighted by Gasteiger charge is -2.30. The van der Waals surface area contributed by atoms with Crippen molar-refractivity contribution < 1.29 is 5.11 Å². The van der Waals surface area contributed by atoms with Crippen molar-refractivity contribution >= 4 is 11.5 Å². The van der Waals surface area contributed by atoms with Crippen molar-refractivity contribution in [3.63, 3.8) is 0 Å². The van der Waals surface area contributed by atoms with E-state index in [0.29, 0.717) is 6.54 Å². The Morgan fingerprint density at radius 1 is 1.48 bits per heavy atom. The fraction of sp³-hybridized carbons (Fsp3) is 0.600. The lowest BCUT2D eigenvalue weighted by molar-refractivity contribution is 0.128. The number of aliphatic hydroxyl groups is 1. The Hall–Kier alpha value is -1.66. The third-order valence-corrected chi connectivity index (χ3v) is 4.26. The highest BCUT2D eigenvalue weighted by Gasteiger charge is 2.24. The summed E-state index contributed by atoms with van der Waals surface area (Å²) in [6.07, 6.45) is 1.39. The number of anilines is 1. The molecule has 3 heterocycles. The molecule has 1 aliphatic heterocycles. The average molecular weight is 289 g/mol. The zero-order valence-corrected chi connectivity index (χ0v) is 12.8. The van der Waals surface area contributed by atoms with Crippen molar-refractivity contribution in [1.82, 2.24) is 19.9 Å². The Morgan fingerprint density at radius 2 is 2.29 bits per heavy atom. The zero-order valence-electron chi connectivity index (χ0n) is 12.8. The quantitative estimate of drug-likeness (QED) is 0.787. The van der Waals surface area contributed by atoms with Crippen LogP contribution >= 0.6 is 0 Å². The summed E-state index contributed by atoms with van der Waals surface area (Å²) in [4.78, 5) is 4.67. The van der Waals surface area contributed by atoms with Crippen LogP contribution in [-0.4, -0.2) is 44.9 Å². The summed E-state index contributed by atoms with van der Waals surface area (Å²) in [7, 11) is 0. The van der Waals surface area contributed by atoms with Crippen LogP contribution in [0, 0.1) is 13.8 Å². The number of aryl methyl sites for hydroxylation is 3. The highest BCUT2D eigenvalue weighted by Crippen LogP contribution is 2.21. The van der Waals surface area contributed by atoms with Gasteiger partial charge in [0.25, 0.3) is 0 Å². The molecule has 0 amide bonds. The summed E-state index contributed by atoms with van der Waals surface area (Å²) in [5, 5.41) is 21.3. The molecule has 21 heavy (non-hydrogen) atoms. The zero-order chi connectivity index (χ0) is 15.0. The molecule has 1 aliphatic rings. The van der Waals surface area contributed by atoms with Crippen molar-refractivity contribution in [2.24, 2.45) is 0 Å². The largest absolute Gasteiger partial charge is 0.390 e. The first kappa shape index (κ1) is 14.3. The van der Waals surface area contributed by atoms with Gasteiger partial charge in [-0.25, -0.2) is 4.98 Å². The molecular weight excluding hydrogens is 266 g/mol. The molecule has 0 bridgehead atoms. The SMILES string of the molecule is CCc1cc(N[C@@H]2CCNC[C@H]2O)n2nc(C)c(C)c2n1. The van der Waals surface area contributed by atoms with Gasteiger partial charge in [-0.15, -0.1) is 0 Å². The van der Waals surface area contributed by atoms with E-state index < -0.39 is 0 Å². The van der Waals surface area contributed by atoms with E-state index >= 15 is 0 Å². The molecule has 2 atom stereocenters. The Bertz CT molecular complexity index is 651. The van der Waals surface area contributed by atoms with E-state index in [9.17, 15) is 5.11 Å². The lowest BCUT2D eigenvalue weighted by Crippen LogP contribution is -2.47. The number of β-amino-alcohol motifs (C(OH)–C–C–N with tert-alkyl or cyclic N) is 1. The van der Waals surface area contributed by atoms with Crippen LogP contribution in [0.4, 0.5) is 5.82 Å². The van der Waals surface area contributed by atoms with E-state index in [2.05, 4.69) is 27.6 Å². The Kier molecular flexibility index (Phi) is 3.82. The van der Waals surface area contributed by atoms with E-state index in [-0.39, 0.29) is 12.1 Å². The van der Waals surface area contributed by atoms with Crippen LogP contribution in [0.5, 0.6) is 0 Å². The van der Waals surface area contributed by atoms with E-state index in [4.69, 9.17) is 0 Å². The van der Waals surface area contributed by atoms with Crippen LogP contribution in [0.1, 0.15) is 30.3 Å². The summed E-state index contributed by atoms with van der Waals surface area (Å²) in [5.74, 6) is 0.916. The fourth-order valence-electron chi connectivity index (χ4n) is 2.76. The number of hydrogen-bond donors (Lipinski definition) is 3. The molecule has 0 radical (unpaired) electrons. The van der Waals surface area contributed by atoms with Gasteiger partial charge in [0.15, 0.2) is 5.65 Å². The molecule has 6 heteroatoms. The molecule has 6 nitrogen and oxygen atoms in total. The molecule has 2 aromatic rings. The number of nitrogens with one attached hydrogen (secondary N) is 2. The molecule has 1 saturated heterocycles. The third-order valence-electron chi connectivity index (χ3n) is 4.26. The Balaban J connectivity index is 2.01. The van der Waals surface area contributed by atoms with Crippen LogP contribution in [-0.2, 0) is 6.42 Å². The second-order valence-corrected chi connectivity index (χ2v) is 5.74. The molecule has 3 N–H and O–H groups in total. The normalized spacial score (nSPS) is 22.7. The summed E-state index contributed by atoms with van der Waals surface area (Å²) < 4.78 is 1.86. The van der Waals surface area contributed by atoms with Gasteiger partial charge in [0.1, 0.15) is 5.82 Å². The van der Waals surface area contributed by atoms with Crippen LogP contribution < -0.4 is 10.6 Å². The van der Waals surface area contributed by atoms with Gasteiger partial charge in [0.2, 0.25) is 0 Å². The molecule has 0 spiro atoms. The van der Waals surface area contributed by atoms with Gasteiger partial charge in [-0.1, -0.05) is 6.92 Å². The predicted molar refractivity (Wildman–Crippen MR) is 82.7 cm³/mol. The van der Waals surface area contributed by atoms with E-state index in [1.807, 2.05) is 24.4 Å². The Labute approximate surface area is 124 Å². The third kappa shape index (κ3) is 2.61. The summed E-state index contributed by atoms with van der Waals surface area (Å²) in [5.41, 5.74) is 4.04. The molecule has 1 fully saturated rings. The molecule has 0 aliphatic carbocycles. The van der Waals surface area contributed by atoms with Crippen molar-refractivity contribution in [2.75, 3.05) is 18.4 Å². The maximum absolute atomic E-state index is 10.1.